The molecule has 4 heterocycles. The van der Waals surface area contributed by atoms with Crippen LogP contribution in [0.1, 0.15) is 43.9 Å². The molecule has 0 bridgehead atoms. The van der Waals surface area contributed by atoms with Gasteiger partial charge in [-0.25, -0.2) is 9.97 Å². The fourth-order valence-corrected chi connectivity index (χ4v) is 6.30. The largest absolute Gasteiger partial charge is 0.506 e. The number of nitrogens with two attached hydrogens (primary N) is 1. The van der Waals surface area contributed by atoms with Gasteiger partial charge in [0.05, 0.1) is 32.9 Å². The van der Waals surface area contributed by atoms with E-state index in [0.717, 1.165) is 13.1 Å². The molecule has 0 saturated carbocycles. The Balaban J connectivity index is 1.51. The maximum atomic E-state index is 13.5. The zero-order chi connectivity index (χ0) is 33.2. The minimum atomic E-state index is -0.890. The summed E-state index contributed by atoms with van der Waals surface area (Å²) in [5.74, 6) is -0.653. The molecule has 0 aliphatic carbocycles. The fourth-order valence-electron chi connectivity index (χ4n) is 5.93. The number of carbonyl (C=O) groups is 2. The molecule has 2 amide bonds. The van der Waals surface area contributed by atoms with E-state index < -0.39 is 17.6 Å². The molecular formula is C31H36Cl2N8O4. The molecule has 0 spiro atoms. The Morgan fingerprint density at radius 1 is 1.07 bits per heavy atom. The van der Waals surface area contributed by atoms with Crippen molar-refractivity contribution in [2.45, 2.75) is 52.2 Å². The lowest BCUT2D eigenvalue weighted by Crippen LogP contribution is -2.67. The first-order chi connectivity index (χ1) is 20.9. The second kappa shape index (κ2) is 11.3. The van der Waals surface area contributed by atoms with Crippen LogP contribution in [0.15, 0.2) is 35.4 Å². The number of piperazine rings is 1. The molecule has 5 rings (SSSR count). The highest BCUT2D eigenvalue weighted by atomic mass is 35.5. The van der Waals surface area contributed by atoms with Crippen LogP contribution in [0.25, 0.3) is 22.2 Å². The number of hydrogen-bond acceptors (Lipinski definition) is 8. The molecule has 45 heavy (non-hydrogen) atoms. The molecule has 1 aliphatic heterocycles. The minimum Gasteiger partial charge on any atom is -0.506 e. The zero-order valence-electron chi connectivity index (χ0n) is 26.2. The van der Waals surface area contributed by atoms with Crippen LogP contribution in [0, 0.1) is 6.92 Å². The minimum absolute atomic E-state index is 0.118. The topological polar surface area (TPSA) is 152 Å². The number of aromatic nitrogens is 4. The van der Waals surface area contributed by atoms with Gasteiger partial charge in [0.1, 0.15) is 29.6 Å². The van der Waals surface area contributed by atoms with E-state index in [4.69, 9.17) is 28.9 Å². The summed E-state index contributed by atoms with van der Waals surface area (Å²) in [5, 5.41) is 13.5. The number of pyridine rings is 1. The maximum absolute atomic E-state index is 13.5. The van der Waals surface area contributed by atoms with Crippen LogP contribution in [0.4, 0.5) is 11.5 Å². The van der Waals surface area contributed by atoms with Gasteiger partial charge in [-0.1, -0.05) is 23.2 Å². The Labute approximate surface area is 270 Å². The number of nitrogens with zero attached hydrogens (tertiary/aromatic N) is 6. The second-order valence-electron chi connectivity index (χ2n) is 12.7. The number of nitrogens with one attached hydrogen (secondary N) is 1. The lowest BCUT2D eigenvalue weighted by Gasteiger charge is -2.55. The van der Waals surface area contributed by atoms with Crippen molar-refractivity contribution in [1.82, 2.24) is 24.0 Å². The Kier molecular flexibility index (Phi) is 8.13. The molecule has 1 fully saturated rings. The number of anilines is 2. The zero-order valence-corrected chi connectivity index (χ0v) is 27.7. The number of rotatable bonds is 6. The number of aryl methyl sites for hydroxylation is 1. The molecule has 1 saturated heterocycles. The SMILES string of the molecule is Cc1nc2c(c(-c3cc(Cl)c(O)c(C(N)=O)c3)cn2CC(=O)Nc2cc(N3CC(C)(C)N(C)C(C)(C)C3)ncc2Cl)c(=O)n1C. The third kappa shape index (κ3) is 5.85. The van der Waals surface area contributed by atoms with Gasteiger partial charge in [0, 0.05) is 49.0 Å². The molecular weight excluding hydrogens is 619 g/mol. The maximum Gasteiger partial charge on any atom is 0.263 e. The predicted octanol–water partition coefficient (Wildman–Crippen LogP) is 4.16. The number of benzene rings is 1. The number of aromatic hydroxyl groups is 1. The summed E-state index contributed by atoms with van der Waals surface area (Å²) in [4.78, 5) is 52.6. The summed E-state index contributed by atoms with van der Waals surface area (Å²) >= 11 is 12.7. The molecule has 1 aromatic carbocycles. The summed E-state index contributed by atoms with van der Waals surface area (Å²) in [6.45, 7) is 11.6. The molecule has 0 radical (unpaired) electrons. The van der Waals surface area contributed by atoms with Crippen molar-refractivity contribution < 1.29 is 14.7 Å². The number of likely N-dealkylation sites (N-methyl/N-ethyl adjacent to an activating group) is 1. The Bertz CT molecular complexity index is 1910. The lowest BCUT2D eigenvalue weighted by molar-refractivity contribution is -0.116. The van der Waals surface area contributed by atoms with Gasteiger partial charge in [-0.05, 0) is 59.4 Å². The van der Waals surface area contributed by atoms with Crippen molar-refractivity contribution >= 4 is 57.6 Å². The second-order valence-corrected chi connectivity index (χ2v) is 13.5. The molecule has 14 heteroatoms. The summed E-state index contributed by atoms with van der Waals surface area (Å²) in [7, 11) is 3.70. The molecule has 0 atom stereocenters. The highest BCUT2D eigenvalue weighted by Crippen LogP contribution is 2.37. The average molecular weight is 656 g/mol. The molecule has 3 aromatic heterocycles. The van der Waals surface area contributed by atoms with Crippen molar-refractivity contribution in [3.63, 3.8) is 0 Å². The normalized spacial score (nSPS) is 16.2. The quantitative estimate of drug-likeness (QED) is 0.280. The van der Waals surface area contributed by atoms with E-state index in [1.165, 1.54) is 22.9 Å². The predicted molar refractivity (Wildman–Crippen MR) is 176 cm³/mol. The van der Waals surface area contributed by atoms with Crippen molar-refractivity contribution in [2.24, 2.45) is 12.8 Å². The van der Waals surface area contributed by atoms with Crippen LogP contribution in [0.2, 0.25) is 10.0 Å². The summed E-state index contributed by atoms with van der Waals surface area (Å²) in [6, 6.07) is 4.53. The van der Waals surface area contributed by atoms with Gasteiger partial charge in [0.15, 0.2) is 0 Å². The van der Waals surface area contributed by atoms with E-state index >= 15 is 0 Å². The Morgan fingerprint density at radius 3 is 2.33 bits per heavy atom. The van der Waals surface area contributed by atoms with Crippen molar-refractivity contribution in [3.8, 4) is 16.9 Å². The first kappa shape index (κ1) is 32.3. The number of phenols is 1. The average Bonchev–Trinajstić information content (AvgIpc) is 3.30. The van der Waals surface area contributed by atoms with Gasteiger partial charge in [0.25, 0.3) is 11.5 Å². The standard InChI is InChI=1S/C31H36Cl2N8O4/c1-16-36-28-25(29(45)38(16)6)19(17-8-18(27(34)44)26(43)20(32)9-17)12-40(28)13-24(42)37-22-10-23(35-11-21(22)33)41-14-30(2,3)39(7)31(4,5)15-41/h8-12,43H,13-15H2,1-7H3,(H2,34,44)(H,35,37,42). The monoisotopic (exact) mass is 654 g/mol. The lowest BCUT2D eigenvalue weighted by atomic mass is 9.88. The van der Waals surface area contributed by atoms with Crippen LogP contribution in [0.5, 0.6) is 5.75 Å². The number of hydrogen-bond donors (Lipinski definition) is 3. The van der Waals surface area contributed by atoms with Crippen molar-refractivity contribution in [3.05, 3.63) is 62.4 Å². The van der Waals surface area contributed by atoms with Gasteiger partial charge in [-0.3, -0.25) is 23.9 Å². The van der Waals surface area contributed by atoms with Gasteiger partial charge in [-0.15, -0.1) is 0 Å². The van der Waals surface area contributed by atoms with E-state index in [9.17, 15) is 19.5 Å². The number of carbonyl (C=O) groups excluding carboxylic acids is 2. The number of halogens is 2. The summed E-state index contributed by atoms with van der Waals surface area (Å²) < 4.78 is 2.92. The smallest absolute Gasteiger partial charge is 0.263 e. The van der Waals surface area contributed by atoms with Gasteiger partial charge < -0.3 is 25.6 Å². The number of primary amides is 1. The first-order valence-electron chi connectivity index (χ1n) is 14.2. The van der Waals surface area contributed by atoms with E-state index in [1.54, 1.807) is 30.8 Å². The third-order valence-corrected chi connectivity index (χ3v) is 9.28. The molecule has 0 unspecified atom stereocenters. The van der Waals surface area contributed by atoms with Crippen LogP contribution >= 0.6 is 23.2 Å². The Hall–Kier alpha value is -4.13. The first-order valence-corrected chi connectivity index (χ1v) is 15.0. The van der Waals surface area contributed by atoms with Gasteiger partial charge in [0.2, 0.25) is 5.91 Å². The van der Waals surface area contributed by atoms with Crippen LogP contribution in [0.3, 0.4) is 0 Å². The van der Waals surface area contributed by atoms with Gasteiger partial charge >= 0.3 is 0 Å². The molecule has 4 N–H and O–H groups in total. The fraction of sp³-hybridized carbons (Fsp3) is 0.387. The number of amides is 2. The molecule has 12 nitrogen and oxygen atoms in total. The molecule has 1 aliphatic rings. The Morgan fingerprint density at radius 2 is 1.71 bits per heavy atom. The van der Waals surface area contributed by atoms with Crippen LogP contribution in [-0.4, -0.2) is 72.1 Å². The highest BCUT2D eigenvalue weighted by molar-refractivity contribution is 6.34. The van der Waals surface area contributed by atoms with Crippen molar-refractivity contribution in [1.29, 1.82) is 0 Å². The van der Waals surface area contributed by atoms with E-state index in [2.05, 4.69) is 59.8 Å². The van der Waals surface area contributed by atoms with Gasteiger partial charge in [-0.2, -0.15) is 0 Å². The third-order valence-electron chi connectivity index (χ3n) is 8.69. The molecule has 4 aromatic rings. The number of fused-ring (bicyclic) bond motifs is 1. The summed E-state index contributed by atoms with van der Waals surface area (Å²) in [5.41, 5.74) is 6.00. The van der Waals surface area contributed by atoms with Crippen LogP contribution in [-0.2, 0) is 18.4 Å². The highest BCUT2D eigenvalue weighted by Gasteiger charge is 2.42. The van der Waals surface area contributed by atoms with Crippen LogP contribution < -0.4 is 21.5 Å². The van der Waals surface area contributed by atoms with Crippen molar-refractivity contribution in [2.75, 3.05) is 30.4 Å². The van der Waals surface area contributed by atoms with E-state index in [-0.39, 0.29) is 49.8 Å². The van der Waals surface area contributed by atoms with E-state index in [1.807, 2.05) is 0 Å². The van der Waals surface area contributed by atoms with E-state index in [0.29, 0.717) is 28.5 Å². The summed E-state index contributed by atoms with van der Waals surface area (Å²) in [6.07, 6.45) is 3.10. The molecule has 238 valence electrons.